The van der Waals surface area contributed by atoms with Gasteiger partial charge in [0.05, 0.1) is 24.5 Å². The molecule has 3 aromatic rings. The number of H-pyrrole nitrogens is 1. The predicted molar refractivity (Wildman–Crippen MR) is 76.4 cm³/mol. The first-order chi connectivity index (χ1) is 9.36. The summed E-state index contributed by atoms with van der Waals surface area (Å²) in [5, 5.41) is 4.58. The van der Waals surface area contributed by atoms with E-state index in [4.69, 9.17) is 4.74 Å². The van der Waals surface area contributed by atoms with Gasteiger partial charge in [-0.2, -0.15) is 0 Å². The fourth-order valence-electron chi connectivity index (χ4n) is 2.10. The first kappa shape index (κ1) is 11.6. The van der Waals surface area contributed by atoms with Crippen LogP contribution in [0.25, 0.3) is 10.9 Å². The van der Waals surface area contributed by atoms with Crippen LogP contribution in [0.4, 0.5) is 5.69 Å². The van der Waals surface area contributed by atoms with E-state index in [1.807, 2.05) is 18.3 Å². The lowest BCUT2D eigenvalue weighted by molar-refractivity contribution is 0.398. The molecule has 0 saturated heterocycles. The molecule has 0 unspecified atom stereocenters. The van der Waals surface area contributed by atoms with Crippen molar-refractivity contribution >= 4 is 16.6 Å². The van der Waals surface area contributed by atoms with E-state index in [-0.39, 0.29) is 0 Å². The van der Waals surface area contributed by atoms with E-state index < -0.39 is 0 Å². The normalized spacial score (nSPS) is 10.6. The van der Waals surface area contributed by atoms with Crippen molar-refractivity contribution in [2.45, 2.75) is 6.54 Å². The van der Waals surface area contributed by atoms with E-state index in [9.17, 15) is 0 Å². The van der Waals surface area contributed by atoms with Crippen LogP contribution in [0.2, 0.25) is 0 Å². The predicted octanol–water partition coefficient (Wildman–Crippen LogP) is 3.18. The Morgan fingerprint density at radius 2 is 2.16 bits per heavy atom. The fourth-order valence-corrected chi connectivity index (χ4v) is 2.10. The van der Waals surface area contributed by atoms with E-state index in [1.165, 1.54) is 16.5 Å². The molecule has 0 amide bonds. The van der Waals surface area contributed by atoms with Crippen LogP contribution in [-0.2, 0) is 6.54 Å². The number of fused-ring (bicyclic) bond motifs is 1. The van der Waals surface area contributed by atoms with E-state index in [0.29, 0.717) is 5.88 Å². The van der Waals surface area contributed by atoms with E-state index >= 15 is 0 Å². The number of aromatic amines is 1. The monoisotopic (exact) mass is 253 g/mol. The number of hydrogen-bond acceptors (Lipinski definition) is 3. The Morgan fingerprint density at radius 3 is 2.95 bits per heavy atom. The van der Waals surface area contributed by atoms with Crippen LogP contribution in [0.3, 0.4) is 0 Å². The zero-order chi connectivity index (χ0) is 13.1. The van der Waals surface area contributed by atoms with Gasteiger partial charge in [-0.15, -0.1) is 0 Å². The SMILES string of the molecule is COc1ccc(NCc2cccc3cc[nH]c23)cn1. The Labute approximate surface area is 111 Å². The Balaban J connectivity index is 1.76. The smallest absolute Gasteiger partial charge is 0.213 e. The molecule has 0 atom stereocenters. The number of nitrogens with zero attached hydrogens (tertiary/aromatic N) is 1. The minimum absolute atomic E-state index is 0.622. The number of methoxy groups -OCH3 is 1. The summed E-state index contributed by atoms with van der Waals surface area (Å²) in [5.74, 6) is 0.622. The highest BCUT2D eigenvalue weighted by Gasteiger charge is 2.01. The Morgan fingerprint density at radius 1 is 1.21 bits per heavy atom. The first-order valence-electron chi connectivity index (χ1n) is 6.16. The molecule has 2 N–H and O–H groups in total. The molecule has 0 aliphatic heterocycles. The molecule has 0 aliphatic rings. The molecule has 0 aliphatic carbocycles. The molecule has 0 saturated carbocycles. The number of pyridine rings is 1. The summed E-state index contributed by atoms with van der Waals surface area (Å²) in [4.78, 5) is 7.44. The molecule has 2 aromatic heterocycles. The van der Waals surface area contributed by atoms with Crippen molar-refractivity contribution in [3.63, 3.8) is 0 Å². The maximum atomic E-state index is 5.04. The third-order valence-corrected chi connectivity index (χ3v) is 3.10. The molecule has 4 nitrogen and oxygen atoms in total. The van der Waals surface area contributed by atoms with Crippen molar-refractivity contribution in [3.8, 4) is 5.88 Å². The number of rotatable bonds is 4. The van der Waals surface area contributed by atoms with Crippen LogP contribution in [0.15, 0.2) is 48.8 Å². The Kier molecular flexibility index (Phi) is 3.06. The Hall–Kier alpha value is -2.49. The summed E-state index contributed by atoms with van der Waals surface area (Å²) in [5.41, 5.74) is 3.39. The summed E-state index contributed by atoms with van der Waals surface area (Å²) in [7, 11) is 1.61. The second-order valence-corrected chi connectivity index (χ2v) is 4.30. The van der Waals surface area contributed by atoms with Crippen molar-refractivity contribution in [3.05, 3.63) is 54.4 Å². The highest BCUT2D eigenvalue weighted by molar-refractivity contribution is 5.82. The Bertz CT molecular complexity index is 673. The van der Waals surface area contributed by atoms with Gasteiger partial charge < -0.3 is 15.0 Å². The lowest BCUT2D eigenvalue weighted by atomic mass is 10.1. The molecular formula is C15H15N3O. The maximum absolute atomic E-state index is 5.04. The minimum Gasteiger partial charge on any atom is -0.481 e. The maximum Gasteiger partial charge on any atom is 0.213 e. The highest BCUT2D eigenvalue weighted by atomic mass is 16.5. The van der Waals surface area contributed by atoms with Crippen molar-refractivity contribution in [1.82, 2.24) is 9.97 Å². The van der Waals surface area contributed by atoms with Crippen molar-refractivity contribution in [2.75, 3.05) is 12.4 Å². The largest absolute Gasteiger partial charge is 0.481 e. The zero-order valence-corrected chi connectivity index (χ0v) is 10.7. The summed E-state index contributed by atoms with van der Waals surface area (Å²) in [6.07, 6.45) is 3.73. The van der Waals surface area contributed by atoms with E-state index in [1.54, 1.807) is 13.3 Å². The second-order valence-electron chi connectivity index (χ2n) is 4.30. The average molecular weight is 253 g/mol. The molecule has 4 heteroatoms. The summed E-state index contributed by atoms with van der Waals surface area (Å²) in [6, 6.07) is 12.2. The molecule has 0 bridgehead atoms. The topological polar surface area (TPSA) is 49.9 Å². The third kappa shape index (κ3) is 2.38. The van der Waals surface area contributed by atoms with Crippen LogP contribution in [0, 0.1) is 0 Å². The summed E-state index contributed by atoms with van der Waals surface area (Å²) >= 11 is 0. The van der Waals surface area contributed by atoms with Gasteiger partial charge in [-0.05, 0) is 23.1 Å². The van der Waals surface area contributed by atoms with Gasteiger partial charge in [0.2, 0.25) is 5.88 Å². The van der Waals surface area contributed by atoms with Crippen LogP contribution in [0.5, 0.6) is 5.88 Å². The number of aromatic nitrogens is 2. The van der Waals surface area contributed by atoms with Gasteiger partial charge >= 0.3 is 0 Å². The molecular weight excluding hydrogens is 238 g/mol. The number of para-hydroxylation sites is 1. The molecule has 19 heavy (non-hydrogen) atoms. The van der Waals surface area contributed by atoms with E-state index in [0.717, 1.165) is 12.2 Å². The molecule has 96 valence electrons. The van der Waals surface area contributed by atoms with Gasteiger partial charge in [0, 0.05) is 18.8 Å². The number of benzene rings is 1. The van der Waals surface area contributed by atoms with Crippen LogP contribution in [-0.4, -0.2) is 17.1 Å². The molecule has 0 radical (unpaired) electrons. The molecule has 3 rings (SSSR count). The first-order valence-corrected chi connectivity index (χ1v) is 6.16. The average Bonchev–Trinajstić information content (AvgIpc) is 2.94. The van der Waals surface area contributed by atoms with Gasteiger partial charge in [0.25, 0.3) is 0 Å². The minimum atomic E-state index is 0.622. The highest BCUT2D eigenvalue weighted by Crippen LogP contribution is 2.18. The van der Waals surface area contributed by atoms with Gasteiger partial charge in [-0.25, -0.2) is 4.98 Å². The number of hydrogen-bond donors (Lipinski definition) is 2. The summed E-state index contributed by atoms with van der Waals surface area (Å²) < 4.78 is 5.04. The molecule has 1 aromatic carbocycles. The summed E-state index contributed by atoms with van der Waals surface area (Å²) in [6.45, 7) is 0.756. The van der Waals surface area contributed by atoms with Gasteiger partial charge in [0.1, 0.15) is 0 Å². The van der Waals surface area contributed by atoms with Crippen molar-refractivity contribution < 1.29 is 4.74 Å². The molecule has 0 fully saturated rings. The van der Waals surface area contributed by atoms with Crippen LogP contribution in [0.1, 0.15) is 5.56 Å². The number of nitrogens with one attached hydrogen (secondary N) is 2. The van der Waals surface area contributed by atoms with Gasteiger partial charge in [-0.3, -0.25) is 0 Å². The lowest BCUT2D eigenvalue weighted by Gasteiger charge is -2.08. The standard InChI is InChI=1S/C15H15N3O/c1-19-14-6-5-13(10-18-14)17-9-12-4-2-3-11-7-8-16-15(11)12/h2-8,10,16-17H,9H2,1H3. The quantitative estimate of drug-likeness (QED) is 0.750. The number of ether oxygens (including phenoxy) is 1. The van der Waals surface area contributed by atoms with Crippen LogP contribution < -0.4 is 10.1 Å². The van der Waals surface area contributed by atoms with Gasteiger partial charge in [0.15, 0.2) is 0 Å². The fraction of sp³-hybridized carbons (Fsp3) is 0.133. The van der Waals surface area contributed by atoms with Gasteiger partial charge in [-0.1, -0.05) is 18.2 Å². The second kappa shape index (κ2) is 5.02. The third-order valence-electron chi connectivity index (χ3n) is 3.10. The molecule has 2 heterocycles. The molecule has 0 spiro atoms. The zero-order valence-electron chi connectivity index (χ0n) is 10.7. The van der Waals surface area contributed by atoms with Crippen molar-refractivity contribution in [1.29, 1.82) is 0 Å². The van der Waals surface area contributed by atoms with E-state index in [2.05, 4.69) is 39.6 Å². The van der Waals surface area contributed by atoms with Crippen molar-refractivity contribution in [2.24, 2.45) is 0 Å². The lowest BCUT2D eigenvalue weighted by Crippen LogP contribution is -2.00. The number of anilines is 1. The van der Waals surface area contributed by atoms with Crippen LogP contribution >= 0.6 is 0 Å².